The summed E-state index contributed by atoms with van der Waals surface area (Å²) in [5.74, 6) is 5.89. The number of nitrogens with zero attached hydrogens (tertiary/aromatic N) is 1. The first-order chi connectivity index (χ1) is 9.86. The van der Waals surface area contributed by atoms with Gasteiger partial charge in [-0.2, -0.15) is 5.10 Å². The lowest BCUT2D eigenvalue weighted by Crippen LogP contribution is -1.94. The Morgan fingerprint density at radius 2 is 1.85 bits per heavy atom. The fourth-order valence-electron chi connectivity index (χ4n) is 2.14. The van der Waals surface area contributed by atoms with Gasteiger partial charge in [-0.25, -0.2) is 0 Å². The molecule has 20 heavy (non-hydrogen) atoms. The first kappa shape index (κ1) is 12.8. The molecular formula is C16H15N3S. The van der Waals surface area contributed by atoms with Crippen LogP contribution in [-0.2, 0) is 0 Å². The number of hydrogen-bond donors (Lipinski definition) is 2. The van der Waals surface area contributed by atoms with Crippen molar-refractivity contribution < 1.29 is 0 Å². The molecule has 0 saturated carbocycles. The lowest BCUT2D eigenvalue weighted by molar-refractivity contribution is 1.26. The molecule has 0 atom stereocenters. The van der Waals surface area contributed by atoms with Crippen molar-refractivity contribution in [3.05, 3.63) is 53.6 Å². The van der Waals surface area contributed by atoms with Crippen LogP contribution in [0.15, 0.2) is 52.5 Å². The van der Waals surface area contributed by atoms with Gasteiger partial charge in [0, 0.05) is 28.2 Å². The van der Waals surface area contributed by atoms with Crippen molar-refractivity contribution in [2.45, 2.75) is 4.90 Å². The number of hydrogen-bond acceptors (Lipinski definition) is 4. The zero-order valence-corrected chi connectivity index (χ0v) is 11.7. The largest absolute Gasteiger partial charge is 0.355 e. The molecule has 100 valence electrons. The van der Waals surface area contributed by atoms with E-state index in [0.717, 1.165) is 17.1 Å². The van der Waals surface area contributed by atoms with Gasteiger partial charge < -0.3 is 11.2 Å². The molecular weight excluding hydrogens is 266 g/mol. The SMILES string of the molecule is NN=CCSc1ccc2c(c1)Nc1ccccc1C=C2. The molecule has 1 heterocycles. The second-order valence-electron chi connectivity index (χ2n) is 4.44. The van der Waals surface area contributed by atoms with E-state index in [4.69, 9.17) is 5.84 Å². The molecule has 3 rings (SSSR count). The lowest BCUT2D eigenvalue weighted by atomic mass is 10.1. The highest BCUT2D eigenvalue weighted by Gasteiger charge is 2.08. The summed E-state index contributed by atoms with van der Waals surface area (Å²) in [5.41, 5.74) is 4.65. The number of hydrazone groups is 1. The van der Waals surface area contributed by atoms with Crippen LogP contribution < -0.4 is 11.2 Å². The van der Waals surface area contributed by atoms with Crippen LogP contribution in [0.2, 0.25) is 0 Å². The van der Waals surface area contributed by atoms with Gasteiger partial charge in [-0.05, 0) is 29.3 Å². The highest BCUT2D eigenvalue weighted by molar-refractivity contribution is 7.99. The Morgan fingerprint density at radius 1 is 1.05 bits per heavy atom. The van der Waals surface area contributed by atoms with Gasteiger partial charge in [0.05, 0.1) is 0 Å². The molecule has 0 saturated heterocycles. The zero-order chi connectivity index (χ0) is 13.8. The van der Waals surface area contributed by atoms with E-state index < -0.39 is 0 Å². The molecule has 1 aliphatic heterocycles. The molecule has 0 fully saturated rings. The molecule has 0 amide bonds. The molecule has 4 heteroatoms. The highest BCUT2D eigenvalue weighted by atomic mass is 32.2. The van der Waals surface area contributed by atoms with Gasteiger partial charge >= 0.3 is 0 Å². The van der Waals surface area contributed by atoms with Crippen LogP contribution >= 0.6 is 11.8 Å². The van der Waals surface area contributed by atoms with E-state index in [-0.39, 0.29) is 0 Å². The number of nitrogens with one attached hydrogen (secondary N) is 1. The molecule has 0 bridgehead atoms. The fourth-order valence-corrected chi connectivity index (χ4v) is 2.85. The van der Waals surface area contributed by atoms with Crippen LogP contribution in [0, 0.1) is 0 Å². The molecule has 2 aromatic carbocycles. The standard InChI is InChI=1S/C16H15N3S/c17-18-9-10-20-14-8-7-13-6-5-12-3-1-2-4-15(12)19-16(13)11-14/h1-9,11,19H,10,17H2. The van der Waals surface area contributed by atoms with Crippen LogP contribution in [0.1, 0.15) is 11.1 Å². The molecule has 1 aliphatic rings. The van der Waals surface area contributed by atoms with Crippen molar-refractivity contribution >= 4 is 41.5 Å². The molecule has 0 spiro atoms. The van der Waals surface area contributed by atoms with E-state index in [1.165, 1.54) is 16.0 Å². The first-order valence-electron chi connectivity index (χ1n) is 6.39. The molecule has 2 aromatic rings. The zero-order valence-electron chi connectivity index (χ0n) is 10.9. The average molecular weight is 281 g/mol. The fraction of sp³-hybridized carbons (Fsp3) is 0.0625. The van der Waals surface area contributed by atoms with E-state index in [0.29, 0.717) is 0 Å². The summed E-state index contributed by atoms with van der Waals surface area (Å²) in [4.78, 5) is 1.20. The van der Waals surface area contributed by atoms with Gasteiger partial charge in [-0.3, -0.25) is 0 Å². The third-order valence-electron chi connectivity index (χ3n) is 3.13. The first-order valence-corrected chi connectivity index (χ1v) is 7.38. The Bertz CT molecular complexity index is 677. The molecule has 0 radical (unpaired) electrons. The van der Waals surface area contributed by atoms with Crippen LogP contribution in [0.25, 0.3) is 12.2 Å². The number of fused-ring (bicyclic) bond motifs is 2. The summed E-state index contributed by atoms with van der Waals surface area (Å²) in [6, 6.07) is 14.7. The summed E-state index contributed by atoms with van der Waals surface area (Å²) in [7, 11) is 0. The van der Waals surface area contributed by atoms with Crippen molar-refractivity contribution in [3.63, 3.8) is 0 Å². The minimum absolute atomic E-state index is 0.779. The summed E-state index contributed by atoms with van der Waals surface area (Å²) in [6.45, 7) is 0. The van der Waals surface area contributed by atoms with Crippen molar-refractivity contribution in [3.8, 4) is 0 Å². The Labute approximate surface area is 122 Å². The quantitative estimate of drug-likeness (QED) is 0.331. The van der Waals surface area contributed by atoms with Crippen LogP contribution in [0.5, 0.6) is 0 Å². The van der Waals surface area contributed by atoms with Gasteiger partial charge in [-0.1, -0.05) is 36.4 Å². The topological polar surface area (TPSA) is 50.4 Å². The molecule has 3 nitrogen and oxygen atoms in total. The minimum Gasteiger partial charge on any atom is -0.355 e. The van der Waals surface area contributed by atoms with E-state index in [9.17, 15) is 0 Å². The number of rotatable bonds is 3. The Hall–Kier alpha value is -2.20. The second-order valence-corrected chi connectivity index (χ2v) is 5.53. The Balaban J connectivity index is 1.90. The average Bonchev–Trinajstić information content (AvgIpc) is 2.66. The van der Waals surface area contributed by atoms with Crippen molar-refractivity contribution in [1.82, 2.24) is 0 Å². The van der Waals surface area contributed by atoms with Gasteiger partial charge in [-0.15, -0.1) is 11.8 Å². The third kappa shape index (κ3) is 2.70. The Kier molecular flexibility index (Phi) is 3.74. The molecule has 3 N–H and O–H groups in total. The van der Waals surface area contributed by atoms with Crippen LogP contribution in [0.4, 0.5) is 11.4 Å². The van der Waals surface area contributed by atoms with Crippen LogP contribution in [-0.4, -0.2) is 12.0 Å². The summed E-state index contributed by atoms with van der Waals surface area (Å²) >= 11 is 1.71. The number of thioether (sulfide) groups is 1. The normalized spacial score (nSPS) is 12.6. The maximum absolute atomic E-state index is 5.11. The van der Waals surface area contributed by atoms with Crippen molar-refractivity contribution in [1.29, 1.82) is 0 Å². The van der Waals surface area contributed by atoms with Gasteiger partial charge in [0.15, 0.2) is 0 Å². The predicted octanol–water partition coefficient (Wildman–Crippen LogP) is 3.95. The van der Waals surface area contributed by atoms with E-state index in [1.807, 2.05) is 12.1 Å². The second kappa shape index (κ2) is 5.84. The van der Waals surface area contributed by atoms with Crippen molar-refractivity contribution in [2.75, 3.05) is 11.1 Å². The van der Waals surface area contributed by atoms with Gasteiger partial charge in [0.25, 0.3) is 0 Å². The smallest absolute Gasteiger partial charge is 0.0469 e. The number of anilines is 2. The van der Waals surface area contributed by atoms with E-state index in [1.54, 1.807) is 18.0 Å². The lowest BCUT2D eigenvalue weighted by Gasteiger charge is -2.11. The summed E-state index contributed by atoms with van der Waals surface area (Å²) in [6.07, 6.45) is 5.99. The molecule has 0 aromatic heterocycles. The van der Waals surface area contributed by atoms with Crippen molar-refractivity contribution in [2.24, 2.45) is 10.9 Å². The third-order valence-corrected chi connectivity index (χ3v) is 4.03. The maximum Gasteiger partial charge on any atom is 0.0469 e. The predicted molar refractivity (Wildman–Crippen MR) is 88.5 cm³/mol. The number of benzene rings is 2. The maximum atomic E-state index is 5.11. The molecule has 0 unspecified atom stereocenters. The number of nitrogens with two attached hydrogens (primary N) is 1. The van der Waals surface area contributed by atoms with Crippen LogP contribution in [0.3, 0.4) is 0 Å². The number of para-hydroxylation sites is 1. The highest BCUT2D eigenvalue weighted by Crippen LogP contribution is 2.32. The molecule has 0 aliphatic carbocycles. The monoisotopic (exact) mass is 281 g/mol. The summed E-state index contributed by atoms with van der Waals surface area (Å²) in [5, 5.41) is 7.01. The van der Waals surface area contributed by atoms with Gasteiger partial charge in [0.1, 0.15) is 0 Å². The Morgan fingerprint density at radius 3 is 2.70 bits per heavy atom. The van der Waals surface area contributed by atoms with Gasteiger partial charge in [0.2, 0.25) is 0 Å². The summed E-state index contributed by atoms with van der Waals surface area (Å²) < 4.78 is 0. The van der Waals surface area contributed by atoms with E-state index in [2.05, 4.69) is 52.9 Å². The minimum atomic E-state index is 0.779. The van der Waals surface area contributed by atoms with E-state index >= 15 is 0 Å².